The lowest BCUT2D eigenvalue weighted by Crippen LogP contribution is -2.30. The Bertz CT molecular complexity index is 739. The molecule has 1 N–H and O–H groups in total. The highest BCUT2D eigenvalue weighted by molar-refractivity contribution is 9.10. The van der Waals surface area contributed by atoms with Crippen LogP contribution in [0.5, 0.6) is 5.75 Å². The van der Waals surface area contributed by atoms with Gasteiger partial charge < -0.3 is 10.1 Å². The molecule has 3 nitrogen and oxygen atoms in total. The molecule has 2 aromatic carbocycles. The number of hydrogen-bond donors (Lipinski definition) is 1. The monoisotopic (exact) mass is 435 g/mol. The van der Waals surface area contributed by atoms with E-state index in [0.29, 0.717) is 12.3 Å². The number of carbonyl (C=O) groups excluding carboxylic acids is 1. The first-order chi connectivity index (χ1) is 12.3. The summed E-state index contributed by atoms with van der Waals surface area (Å²) in [6.45, 7) is 9.20. The first-order valence-electron chi connectivity index (χ1n) is 8.65. The predicted octanol–water partition coefficient (Wildman–Crippen LogP) is 5.34. The Morgan fingerprint density at radius 2 is 1.85 bits per heavy atom. The smallest absolute Gasteiger partial charge is 0.257 e. The van der Waals surface area contributed by atoms with E-state index in [1.807, 2.05) is 18.2 Å². The van der Waals surface area contributed by atoms with Crippen molar-refractivity contribution in [2.45, 2.75) is 38.0 Å². The maximum Gasteiger partial charge on any atom is 0.257 e. The van der Waals surface area contributed by atoms with E-state index in [4.69, 9.17) is 4.74 Å². The van der Waals surface area contributed by atoms with Gasteiger partial charge in [0.1, 0.15) is 5.75 Å². The summed E-state index contributed by atoms with van der Waals surface area (Å²) in [5, 5.41) is 2.89. The Labute approximate surface area is 169 Å². The standard InChI is InChI=1S/C21H26BrNO2S/c1-15-5-8-17(9-6-15)26-12-11-23-20(24)14-25-19-10-7-16(13-18(19)22)21(2,3)4/h5-10,13H,11-12,14H2,1-4H3,(H,23,24). The predicted molar refractivity (Wildman–Crippen MR) is 113 cm³/mol. The number of rotatable bonds is 7. The largest absolute Gasteiger partial charge is 0.483 e. The van der Waals surface area contributed by atoms with E-state index in [9.17, 15) is 4.79 Å². The molecule has 5 heteroatoms. The summed E-state index contributed by atoms with van der Waals surface area (Å²) in [5.41, 5.74) is 2.55. The maximum atomic E-state index is 11.9. The molecular weight excluding hydrogens is 410 g/mol. The number of amides is 1. The van der Waals surface area contributed by atoms with E-state index in [2.05, 4.69) is 73.2 Å². The Kier molecular flexibility index (Phi) is 7.59. The minimum atomic E-state index is -0.110. The summed E-state index contributed by atoms with van der Waals surface area (Å²) in [4.78, 5) is 13.2. The van der Waals surface area contributed by atoms with Crippen molar-refractivity contribution in [3.05, 3.63) is 58.1 Å². The Morgan fingerprint density at radius 3 is 2.46 bits per heavy atom. The second kappa shape index (κ2) is 9.47. The molecule has 2 rings (SSSR count). The van der Waals surface area contributed by atoms with Crippen molar-refractivity contribution in [1.82, 2.24) is 5.32 Å². The molecule has 0 heterocycles. The molecule has 0 aliphatic rings. The zero-order valence-corrected chi connectivity index (χ0v) is 18.2. The summed E-state index contributed by atoms with van der Waals surface area (Å²) in [5.74, 6) is 1.40. The topological polar surface area (TPSA) is 38.3 Å². The van der Waals surface area contributed by atoms with Crippen molar-refractivity contribution in [2.24, 2.45) is 0 Å². The van der Waals surface area contributed by atoms with Crippen molar-refractivity contribution >= 4 is 33.6 Å². The molecule has 0 fully saturated rings. The molecule has 0 bridgehead atoms. The maximum absolute atomic E-state index is 11.9. The third-order valence-electron chi connectivity index (χ3n) is 3.87. The number of benzene rings is 2. The van der Waals surface area contributed by atoms with Crippen molar-refractivity contribution in [2.75, 3.05) is 18.9 Å². The SMILES string of the molecule is Cc1ccc(SCCNC(=O)COc2ccc(C(C)(C)C)cc2Br)cc1. The number of aryl methyl sites for hydroxylation is 1. The van der Waals surface area contributed by atoms with Gasteiger partial charge in [-0.2, -0.15) is 0 Å². The number of ether oxygens (including phenoxy) is 1. The fourth-order valence-corrected chi connectivity index (χ4v) is 3.53. The van der Waals surface area contributed by atoms with Crippen LogP contribution < -0.4 is 10.1 Å². The molecule has 1 amide bonds. The van der Waals surface area contributed by atoms with E-state index < -0.39 is 0 Å². The average molecular weight is 436 g/mol. The molecule has 0 saturated heterocycles. The van der Waals surface area contributed by atoms with Crippen LogP contribution in [0.2, 0.25) is 0 Å². The molecule has 0 unspecified atom stereocenters. The van der Waals surface area contributed by atoms with Crippen molar-refractivity contribution < 1.29 is 9.53 Å². The molecule has 2 aromatic rings. The third-order valence-corrected chi connectivity index (χ3v) is 5.50. The Morgan fingerprint density at radius 1 is 1.15 bits per heavy atom. The average Bonchev–Trinajstić information content (AvgIpc) is 2.58. The molecule has 26 heavy (non-hydrogen) atoms. The van der Waals surface area contributed by atoms with Gasteiger partial charge in [-0.1, -0.05) is 44.5 Å². The van der Waals surface area contributed by atoms with Gasteiger partial charge in [-0.25, -0.2) is 0 Å². The molecule has 140 valence electrons. The van der Waals surface area contributed by atoms with Gasteiger partial charge in [0.15, 0.2) is 6.61 Å². The summed E-state index contributed by atoms with van der Waals surface area (Å²) >= 11 is 5.25. The first-order valence-corrected chi connectivity index (χ1v) is 10.4. The van der Waals surface area contributed by atoms with E-state index in [1.165, 1.54) is 16.0 Å². The zero-order valence-electron chi connectivity index (χ0n) is 15.8. The molecule has 0 spiro atoms. The Balaban J connectivity index is 1.72. The minimum absolute atomic E-state index is 0.0165. The quantitative estimate of drug-likeness (QED) is 0.470. The summed E-state index contributed by atoms with van der Waals surface area (Å²) in [6.07, 6.45) is 0. The molecular formula is C21H26BrNO2S. The molecule has 0 saturated carbocycles. The van der Waals surface area contributed by atoms with Crippen LogP contribution in [0, 0.1) is 6.92 Å². The highest BCUT2D eigenvalue weighted by Crippen LogP contribution is 2.31. The second-order valence-electron chi connectivity index (χ2n) is 7.20. The number of halogens is 1. The Hall–Kier alpha value is -1.46. The van der Waals surface area contributed by atoms with Crippen molar-refractivity contribution in [3.63, 3.8) is 0 Å². The second-order valence-corrected chi connectivity index (χ2v) is 9.22. The fourth-order valence-electron chi connectivity index (χ4n) is 2.27. The molecule has 0 aliphatic carbocycles. The molecule has 0 aliphatic heterocycles. The normalized spacial score (nSPS) is 11.3. The van der Waals surface area contributed by atoms with Crippen LogP contribution >= 0.6 is 27.7 Å². The van der Waals surface area contributed by atoms with Gasteiger partial charge in [0.05, 0.1) is 4.47 Å². The number of hydrogen-bond acceptors (Lipinski definition) is 3. The van der Waals surface area contributed by atoms with Gasteiger partial charge in [0, 0.05) is 17.2 Å². The summed E-state index contributed by atoms with van der Waals surface area (Å²) < 4.78 is 6.50. The lowest BCUT2D eigenvalue weighted by molar-refractivity contribution is -0.122. The van der Waals surface area contributed by atoms with Crippen molar-refractivity contribution in [3.8, 4) is 5.75 Å². The van der Waals surface area contributed by atoms with Crippen LogP contribution in [-0.2, 0) is 10.2 Å². The summed E-state index contributed by atoms with van der Waals surface area (Å²) in [6, 6.07) is 14.4. The third kappa shape index (κ3) is 6.69. The van der Waals surface area contributed by atoms with Crippen LogP contribution in [0.15, 0.2) is 51.8 Å². The van der Waals surface area contributed by atoms with Gasteiger partial charge in [0.25, 0.3) is 5.91 Å². The van der Waals surface area contributed by atoms with Crippen molar-refractivity contribution in [1.29, 1.82) is 0 Å². The number of carbonyl (C=O) groups is 1. The van der Waals surface area contributed by atoms with Gasteiger partial charge in [-0.3, -0.25) is 4.79 Å². The first kappa shape index (κ1) is 20.8. The van der Waals surface area contributed by atoms with Gasteiger partial charge in [0.2, 0.25) is 0 Å². The van der Waals surface area contributed by atoms with Crippen LogP contribution in [0.3, 0.4) is 0 Å². The molecule has 0 aromatic heterocycles. The van der Waals surface area contributed by atoms with E-state index >= 15 is 0 Å². The van der Waals surface area contributed by atoms with E-state index in [0.717, 1.165) is 10.2 Å². The highest BCUT2D eigenvalue weighted by Gasteiger charge is 2.15. The van der Waals surface area contributed by atoms with Crippen LogP contribution in [0.4, 0.5) is 0 Å². The van der Waals surface area contributed by atoms with Gasteiger partial charge in [-0.15, -0.1) is 11.8 Å². The fraction of sp³-hybridized carbons (Fsp3) is 0.381. The lowest BCUT2D eigenvalue weighted by atomic mass is 9.87. The number of thioether (sulfide) groups is 1. The van der Waals surface area contributed by atoms with Gasteiger partial charge in [-0.05, 0) is 58.1 Å². The van der Waals surface area contributed by atoms with Gasteiger partial charge >= 0.3 is 0 Å². The highest BCUT2D eigenvalue weighted by atomic mass is 79.9. The zero-order chi connectivity index (χ0) is 19.2. The van der Waals surface area contributed by atoms with Crippen LogP contribution in [0.25, 0.3) is 0 Å². The molecule has 0 radical (unpaired) electrons. The van der Waals surface area contributed by atoms with Crippen LogP contribution in [0.1, 0.15) is 31.9 Å². The number of nitrogens with one attached hydrogen (secondary N) is 1. The lowest BCUT2D eigenvalue weighted by Gasteiger charge is -2.20. The van der Waals surface area contributed by atoms with E-state index in [-0.39, 0.29) is 17.9 Å². The van der Waals surface area contributed by atoms with Crippen LogP contribution in [-0.4, -0.2) is 24.8 Å². The minimum Gasteiger partial charge on any atom is -0.483 e. The summed E-state index contributed by atoms with van der Waals surface area (Å²) in [7, 11) is 0. The van der Waals surface area contributed by atoms with E-state index in [1.54, 1.807) is 11.8 Å². The molecule has 0 atom stereocenters.